The molecule has 106 valence electrons. The van der Waals surface area contributed by atoms with Crippen LogP contribution in [0.4, 0.5) is 8.78 Å². The van der Waals surface area contributed by atoms with Crippen LogP contribution in [0.5, 0.6) is 0 Å². The van der Waals surface area contributed by atoms with Crippen molar-refractivity contribution < 1.29 is 8.78 Å². The quantitative estimate of drug-likeness (QED) is 0.613. The van der Waals surface area contributed by atoms with E-state index in [4.69, 9.17) is 0 Å². The topological polar surface area (TPSA) is 0 Å². The average molecular weight is 331 g/mol. The predicted molar refractivity (Wildman–Crippen MR) is 78.6 cm³/mol. The molecule has 1 aromatic carbocycles. The van der Waals surface area contributed by atoms with Gasteiger partial charge >= 0.3 is 0 Å². The minimum atomic E-state index is -0.429. The van der Waals surface area contributed by atoms with Gasteiger partial charge in [-0.05, 0) is 37.3 Å². The largest absolute Gasteiger partial charge is 0.207 e. The molecule has 0 aromatic heterocycles. The molecule has 0 heterocycles. The van der Waals surface area contributed by atoms with E-state index in [2.05, 4.69) is 15.9 Å². The molecule has 1 aromatic rings. The van der Waals surface area contributed by atoms with Crippen LogP contribution in [0.1, 0.15) is 50.5 Å². The van der Waals surface area contributed by atoms with Crippen molar-refractivity contribution in [3.63, 3.8) is 0 Å². The van der Waals surface area contributed by atoms with Crippen molar-refractivity contribution in [2.45, 2.75) is 56.2 Å². The third kappa shape index (κ3) is 4.55. The van der Waals surface area contributed by atoms with Crippen molar-refractivity contribution >= 4 is 15.9 Å². The summed E-state index contributed by atoms with van der Waals surface area (Å²) in [6, 6.07) is 4.08. The summed E-state index contributed by atoms with van der Waals surface area (Å²) < 4.78 is 27.1. The number of benzene rings is 1. The summed E-state index contributed by atoms with van der Waals surface area (Å²) in [5.74, 6) is -0.0384. The Hall–Kier alpha value is -0.440. The van der Waals surface area contributed by atoms with E-state index in [1.807, 2.05) is 0 Å². The van der Waals surface area contributed by atoms with E-state index in [1.54, 1.807) is 0 Å². The molecule has 0 aliphatic heterocycles. The maximum absolute atomic E-state index is 13.5. The van der Waals surface area contributed by atoms with Gasteiger partial charge in [0, 0.05) is 10.4 Å². The Balaban J connectivity index is 1.82. The minimum absolute atomic E-state index is 0.167. The lowest BCUT2D eigenvalue weighted by Gasteiger charge is -2.22. The highest BCUT2D eigenvalue weighted by atomic mass is 79.9. The van der Waals surface area contributed by atoms with Crippen LogP contribution in [0, 0.1) is 17.6 Å². The summed E-state index contributed by atoms with van der Waals surface area (Å²) in [6.07, 6.45) is 9.32. The van der Waals surface area contributed by atoms with E-state index in [0.717, 1.165) is 12.3 Å². The maximum atomic E-state index is 13.5. The summed E-state index contributed by atoms with van der Waals surface area (Å²) >= 11 is 3.58. The number of hydrogen-bond donors (Lipinski definition) is 0. The molecule has 0 nitrogen and oxygen atoms in total. The monoisotopic (exact) mass is 330 g/mol. The van der Waals surface area contributed by atoms with Gasteiger partial charge in [0.2, 0.25) is 0 Å². The number of alkyl halides is 1. The highest BCUT2D eigenvalue weighted by molar-refractivity contribution is 9.09. The van der Waals surface area contributed by atoms with Crippen molar-refractivity contribution in [3.05, 3.63) is 35.4 Å². The van der Waals surface area contributed by atoms with Gasteiger partial charge in [0.15, 0.2) is 0 Å². The van der Waals surface area contributed by atoms with Crippen LogP contribution < -0.4 is 0 Å². The van der Waals surface area contributed by atoms with Gasteiger partial charge in [0.05, 0.1) is 0 Å². The van der Waals surface area contributed by atoms with Gasteiger partial charge in [0.25, 0.3) is 0 Å². The number of rotatable bonds is 5. The van der Waals surface area contributed by atoms with E-state index in [0.29, 0.717) is 6.42 Å². The Bertz CT molecular complexity index is 379. The zero-order chi connectivity index (χ0) is 13.7. The molecular weight excluding hydrogens is 310 g/mol. The fourth-order valence-corrected chi connectivity index (χ4v) is 3.53. The molecule has 0 radical (unpaired) electrons. The van der Waals surface area contributed by atoms with Crippen molar-refractivity contribution in [2.24, 2.45) is 5.92 Å². The van der Waals surface area contributed by atoms with Gasteiger partial charge in [-0.3, -0.25) is 0 Å². The molecule has 0 saturated heterocycles. The van der Waals surface area contributed by atoms with Crippen molar-refractivity contribution in [1.82, 2.24) is 0 Å². The van der Waals surface area contributed by atoms with Gasteiger partial charge < -0.3 is 0 Å². The van der Waals surface area contributed by atoms with Crippen molar-refractivity contribution in [2.75, 3.05) is 0 Å². The van der Waals surface area contributed by atoms with Crippen LogP contribution in [0.25, 0.3) is 0 Å². The first kappa shape index (κ1) is 15.0. The lowest BCUT2D eigenvalue weighted by atomic mass is 9.85. The van der Waals surface area contributed by atoms with E-state index < -0.39 is 11.6 Å². The van der Waals surface area contributed by atoms with Crippen LogP contribution in [0.3, 0.4) is 0 Å². The zero-order valence-corrected chi connectivity index (χ0v) is 12.8. The van der Waals surface area contributed by atoms with Crippen LogP contribution in [-0.2, 0) is 6.42 Å². The molecule has 0 spiro atoms. The summed E-state index contributed by atoms with van der Waals surface area (Å²) in [5.41, 5.74) is 0.216. The van der Waals surface area contributed by atoms with Crippen molar-refractivity contribution in [1.29, 1.82) is 0 Å². The van der Waals surface area contributed by atoms with Crippen LogP contribution in [-0.4, -0.2) is 4.83 Å². The zero-order valence-electron chi connectivity index (χ0n) is 11.2. The Morgan fingerprint density at radius 3 is 2.37 bits per heavy atom. The fourth-order valence-electron chi connectivity index (χ4n) is 2.94. The molecule has 1 unspecified atom stereocenters. The molecule has 1 aliphatic rings. The summed E-state index contributed by atoms with van der Waals surface area (Å²) in [4.78, 5) is 0.167. The standard InChI is InChI=1S/C16H21BrF2/c17-13(10-9-12-5-2-1-3-6-12)11-14-15(18)7-4-8-16(14)19/h4,7-8,12-13H,1-3,5-6,9-11H2. The smallest absolute Gasteiger partial charge is 0.129 e. The predicted octanol–water partition coefficient (Wildman–Crippen LogP) is 5.63. The second kappa shape index (κ2) is 7.37. The first-order chi connectivity index (χ1) is 9.16. The Morgan fingerprint density at radius 1 is 1.11 bits per heavy atom. The van der Waals surface area contributed by atoms with Crippen LogP contribution >= 0.6 is 15.9 Å². The molecule has 19 heavy (non-hydrogen) atoms. The summed E-state index contributed by atoms with van der Waals surface area (Å²) in [5, 5.41) is 0. The van der Waals surface area contributed by atoms with Gasteiger partial charge in [-0.1, -0.05) is 54.1 Å². The average Bonchev–Trinajstić information content (AvgIpc) is 2.42. The molecular formula is C16H21BrF2. The molecule has 1 fully saturated rings. The molecule has 3 heteroatoms. The van der Waals surface area contributed by atoms with E-state index >= 15 is 0 Å². The second-order valence-electron chi connectivity index (χ2n) is 5.58. The third-order valence-electron chi connectivity index (χ3n) is 4.10. The number of hydrogen-bond acceptors (Lipinski definition) is 0. The summed E-state index contributed by atoms with van der Waals surface area (Å²) in [6.45, 7) is 0. The van der Waals surface area contributed by atoms with E-state index in [1.165, 1.54) is 56.7 Å². The highest BCUT2D eigenvalue weighted by Gasteiger charge is 2.17. The second-order valence-corrected chi connectivity index (χ2v) is 6.88. The SMILES string of the molecule is Fc1cccc(F)c1CC(Br)CCC1CCCCC1. The van der Waals surface area contributed by atoms with Gasteiger partial charge in [0.1, 0.15) is 11.6 Å². The first-order valence-corrected chi connectivity index (χ1v) is 8.15. The molecule has 1 atom stereocenters. The van der Waals surface area contributed by atoms with E-state index in [-0.39, 0.29) is 10.4 Å². The molecule has 1 aliphatic carbocycles. The Kier molecular flexibility index (Phi) is 5.80. The Labute approximate surface area is 122 Å². The molecule has 0 amide bonds. The normalized spacial score (nSPS) is 18.5. The molecule has 0 bridgehead atoms. The summed E-state index contributed by atoms with van der Waals surface area (Å²) in [7, 11) is 0. The third-order valence-corrected chi connectivity index (χ3v) is 4.88. The number of halogens is 3. The fraction of sp³-hybridized carbons (Fsp3) is 0.625. The maximum Gasteiger partial charge on any atom is 0.129 e. The molecule has 0 N–H and O–H groups in total. The van der Waals surface area contributed by atoms with E-state index in [9.17, 15) is 8.78 Å². The molecule has 1 saturated carbocycles. The first-order valence-electron chi connectivity index (χ1n) is 7.23. The lowest BCUT2D eigenvalue weighted by Crippen LogP contribution is -2.11. The van der Waals surface area contributed by atoms with Crippen LogP contribution in [0.15, 0.2) is 18.2 Å². The lowest BCUT2D eigenvalue weighted by molar-refractivity contribution is 0.331. The van der Waals surface area contributed by atoms with Gasteiger partial charge in [-0.2, -0.15) is 0 Å². The molecule has 2 rings (SSSR count). The Morgan fingerprint density at radius 2 is 1.74 bits per heavy atom. The van der Waals surface area contributed by atoms with Gasteiger partial charge in [-0.25, -0.2) is 8.78 Å². The minimum Gasteiger partial charge on any atom is -0.207 e. The highest BCUT2D eigenvalue weighted by Crippen LogP contribution is 2.29. The van der Waals surface area contributed by atoms with Crippen LogP contribution in [0.2, 0.25) is 0 Å². The van der Waals surface area contributed by atoms with Crippen molar-refractivity contribution in [3.8, 4) is 0 Å². The van der Waals surface area contributed by atoms with Gasteiger partial charge in [-0.15, -0.1) is 0 Å².